The molecule has 0 atom stereocenters. The fourth-order valence-corrected chi connectivity index (χ4v) is 0.701. The summed E-state index contributed by atoms with van der Waals surface area (Å²) >= 11 is 0. The molecule has 0 amide bonds. The van der Waals surface area contributed by atoms with Crippen molar-refractivity contribution in [3.05, 3.63) is 12.2 Å². The number of allylic oxidation sites excluding steroid dienone is 1. The molecule has 0 bridgehead atoms. The Balaban J connectivity index is 0. The number of hydrogen-bond donors (Lipinski definition) is 0. The summed E-state index contributed by atoms with van der Waals surface area (Å²) in [6.07, 6.45) is 7.04. The maximum Gasteiger partial charge on any atom is -0.0286 e. The van der Waals surface area contributed by atoms with Crippen LogP contribution >= 0.6 is 0 Å². The average Bonchev–Trinajstić information content (AvgIpc) is 2.92. The van der Waals surface area contributed by atoms with E-state index in [4.69, 9.17) is 0 Å². The van der Waals surface area contributed by atoms with Crippen molar-refractivity contribution < 1.29 is 0 Å². The normalized spacial score (nSPS) is 17.5. The Bertz CT molecular complexity index is 92.6. The van der Waals surface area contributed by atoms with Crippen LogP contribution in [0.5, 0.6) is 0 Å². The minimum Gasteiger partial charge on any atom is -0.0998 e. The van der Waals surface area contributed by atoms with Crippen LogP contribution < -0.4 is 0 Å². The fraction of sp³-hybridized carbons (Fsp3) is 0.846. The van der Waals surface area contributed by atoms with Gasteiger partial charge in [-0.1, -0.05) is 66.0 Å². The van der Waals surface area contributed by atoms with Crippen LogP contribution in [0.15, 0.2) is 12.2 Å². The molecule has 2 saturated carbocycles. The maximum atomic E-state index is 3.67. The first-order valence-corrected chi connectivity index (χ1v) is 5.95. The number of rotatable bonds is 0. The van der Waals surface area contributed by atoms with Gasteiger partial charge in [-0.05, 0) is 18.8 Å². The Labute approximate surface area is 85.4 Å². The second-order valence-corrected chi connectivity index (χ2v) is 3.29. The van der Waals surface area contributed by atoms with Gasteiger partial charge in [0.15, 0.2) is 0 Å². The molecule has 2 aliphatic carbocycles. The summed E-state index contributed by atoms with van der Waals surface area (Å²) in [7, 11) is 0. The minimum atomic E-state index is 1.06. The summed E-state index contributed by atoms with van der Waals surface area (Å²) in [6, 6.07) is 0. The van der Waals surface area contributed by atoms with Gasteiger partial charge in [0.25, 0.3) is 0 Å². The van der Waals surface area contributed by atoms with Crippen LogP contribution in [0.2, 0.25) is 0 Å². The quantitative estimate of drug-likeness (QED) is 0.454. The molecular formula is C13H28. The summed E-state index contributed by atoms with van der Waals surface area (Å²) in [5.74, 6) is 1.06. The lowest BCUT2D eigenvalue weighted by Gasteiger charge is -2.18. The largest absolute Gasteiger partial charge is 0.0998 e. The summed E-state index contributed by atoms with van der Waals surface area (Å²) < 4.78 is 0. The van der Waals surface area contributed by atoms with E-state index in [0.29, 0.717) is 0 Å². The summed E-state index contributed by atoms with van der Waals surface area (Å²) in [4.78, 5) is 0. The molecule has 0 N–H and O–H groups in total. The molecule has 2 fully saturated rings. The molecule has 0 spiro atoms. The van der Waals surface area contributed by atoms with Gasteiger partial charge in [-0.15, -0.1) is 0 Å². The third-order valence-corrected chi connectivity index (χ3v) is 2.00. The van der Waals surface area contributed by atoms with Gasteiger partial charge in [0.05, 0.1) is 0 Å². The van der Waals surface area contributed by atoms with Crippen molar-refractivity contribution in [3.63, 3.8) is 0 Å². The van der Waals surface area contributed by atoms with Gasteiger partial charge >= 0.3 is 0 Å². The molecule has 0 aromatic heterocycles. The van der Waals surface area contributed by atoms with Crippen LogP contribution in [0.4, 0.5) is 0 Å². The molecule has 13 heavy (non-hydrogen) atoms. The third-order valence-electron chi connectivity index (χ3n) is 2.00. The SMILES string of the molecule is C=C1CC1.CC.CC.CC1CCC1. The molecule has 2 aliphatic rings. The Kier molecular flexibility index (Phi) is 13.7. The second kappa shape index (κ2) is 11.7. The molecule has 0 aromatic carbocycles. The monoisotopic (exact) mass is 184 g/mol. The van der Waals surface area contributed by atoms with Crippen LogP contribution in [0.1, 0.15) is 66.7 Å². The Morgan fingerprint density at radius 2 is 1.23 bits per heavy atom. The van der Waals surface area contributed by atoms with Gasteiger partial charge in [-0.25, -0.2) is 0 Å². The third kappa shape index (κ3) is 14.6. The van der Waals surface area contributed by atoms with E-state index in [1.807, 2.05) is 27.7 Å². The van der Waals surface area contributed by atoms with Crippen molar-refractivity contribution in [2.24, 2.45) is 5.92 Å². The van der Waals surface area contributed by atoms with Crippen molar-refractivity contribution in [3.8, 4) is 0 Å². The lowest BCUT2D eigenvalue weighted by molar-refractivity contribution is 0.346. The second-order valence-electron chi connectivity index (χ2n) is 3.29. The summed E-state index contributed by atoms with van der Waals surface area (Å²) in [6.45, 7) is 14.0. The van der Waals surface area contributed by atoms with Crippen molar-refractivity contribution in [2.45, 2.75) is 66.7 Å². The topological polar surface area (TPSA) is 0 Å². The first kappa shape index (κ1) is 15.2. The molecule has 0 nitrogen and oxygen atoms in total. The van der Waals surface area contributed by atoms with Gasteiger partial charge in [-0.3, -0.25) is 0 Å². The van der Waals surface area contributed by atoms with Crippen molar-refractivity contribution >= 4 is 0 Å². The van der Waals surface area contributed by atoms with E-state index in [0.717, 1.165) is 5.92 Å². The lowest BCUT2D eigenvalue weighted by atomic mass is 9.88. The first-order chi connectivity index (χ1) is 6.29. The molecule has 2 rings (SSSR count). The van der Waals surface area contributed by atoms with Gasteiger partial charge in [0.1, 0.15) is 0 Å². The van der Waals surface area contributed by atoms with E-state index in [-0.39, 0.29) is 0 Å². The summed E-state index contributed by atoms with van der Waals surface area (Å²) in [5, 5.41) is 0. The predicted octanol–water partition coefficient (Wildman–Crippen LogP) is 5.20. The van der Waals surface area contributed by atoms with Gasteiger partial charge < -0.3 is 0 Å². The standard InChI is InChI=1S/C5H10.C4H6.2C2H6/c1-5-3-2-4-5;1-4-2-3-4;2*1-2/h5H,2-4H2,1H3;1-3H2;2*1-2H3. The molecule has 0 aliphatic heterocycles. The molecule has 0 saturated heterocycles. The Hall–Kier alpha value is -0.260. The summed E-state index contributed by atoms with van der Waals surface area (Å²) in [5.41, 5.74) is 1.42. The molecule has 0 radical (unpaired) electrons. The van der Waals surface area contributed by atoms with Crippen LogP contribution in [-0.4, -0.2) is 0 Å². The smallest absolute Gasteiger partial charge is 0.0286 e. The van der Waals surface area contributed by atoms with Crippen LogP contribution in [0, 0.1) is 5.92 Å². The highest BCUT2D eigenvalue weighted by molar-refractivity contribution is 5.09. The molecule has 80 valence electrons. The maximum absolute atomic E-state index is 3.67. The molecule has 0 heterocycles. The van der Waals surface area contributed by atoms with Gasteiger partial charge in [-0.2, -0.15) is 0 Å². The highest BCUT2D eigenvalue weighted by Gasteiger charge is 2.09. The van der Waals surface area contributed by atoms with E-state index in [1.165, 1.54) is 37.7 Å². The zero-order chi connectivity index (χ0) is 10.7. The van der Waals surface area contributed by atoms with E-state index >= 15 is 0 Å². The Morgan fingerprint density at radius 3 is 1.23 bits per heavy atom. The van der Waals surface area contributed by atoms with Crippen molar-refractivity contribution in [1.29, 1.82) is 0 Å². The van der Waals surface area contributed by atoms with E-state index in [2.05, 4.69) is 13.5 Å². The van der Waals surface area contributed by atoms with Gasteiger partial charge in [0.2, 0.25) is 0 Å². The fourth-order valence-electron chi connectivity index (χ4n) is 0.701. The molecule has 0 aromatic rings. The zero-order valence-electron chi connectivity index (χ0n) is 10.3. The van der Waals surface area contributed by atoms with Crippen molar-refractivity contribution in [1.82, 2.24) is 0 Å². The first-order valence-electron chi connectivity index (χ1n) is 5.95. The minimum absolute atomic E-state index is 1.06. The van der Waals surface area contributed by atoms with Gasteiger partial charge in [0, 0.05) is 0 Å². The highest BCUT2D eigenvalue weighted by Crippen LogP contribution is 2.24. The van der Waals surface area contributed by atoms with Crippen LogP contribution in [0.3, 0.4) is 0 Å². The van der Waals surface area contributed by atoms with E-state index < -0.39 is 0 Å². The van der Waals surface area contributed by atoms with Crippen LogP contribution in [-0.2, 0) is 0 Å². The molecule has 0 unspecified atom stereocenters. The molecular weight excluding hydrogens is 156 g/mol. The van der Waals surface area contributed by atoms with Crippen LogP contribution in [0.25, 0.3) is 0 Å². The van der Waals surface area contributed by atoms with E-state index in [1.54, 1.807) is 0 Å². The number of hydrogen-bond acceptors (Lipinski definition) is 0. The predicted molar refractivity (Wildman–Crippen MR) is 64.1 cm³/mol. The Morgan fingerprint density at radius 1 is 1.00 bits per heavy atom. The molecule has 0 heteroatoms. The highest BCUT2D eigenvalue weighted by atomic mass is 14.1. The average molecular weight is 184 g/mol. The zero-order valence-corrected chi connectivity index (χ0v) is 10.3. The van der Waals surface area contributed by atoms with E-state index in [9.17, 15) is 0 Å². The van der Waals surface area contributed by atoms with Crippen molar-refractivity contribution in [2.75, 3.05) is 0 Å². The lowest BCUT2D eigenvalue weighted by Crippen LogP contribution is -2.04.